The highest BCUT2D eigenvalue weighted by atomic mass is 32.2. The molecule has 1 aromatic carbocycles. The van der Waals surface area contributed by atoms with Crippen molar-refractivity contribution in [1.82, 2.24) is 4.98 Å². The number of carbonyl (C=O) groups is 2. The number of carboxylic acids is 2. The molecule has 36 heavy (non-hydrogen) atoms. The van der Waals surface area contributed by atoms with E-state index >= 15 is 0 Å². The molecule has 0 aliphatic carbocycles. The summed E-state index contributed by atoms with van der Waals surface area (Å²) in [5.74, 6) is -3.43. The maximum absolute atomic E-state index is 13.0. The maximum atomic E-state index is 13.0. The van der Waals surface area contributed by atoms with Crippen LogP contribution in [0.25, 0.3) is 0 Å². The molecule has 0 bridgehead atoms. The van der Waals surface area contributed by atoms with Crippen LogP contribution in [0.3, 0.4) is 0 Å². The second-order valence-electron chi connectivity index (χ2n) is 8.39. The van der Waals surface area contributed by atoms with Gasteiger partial charge in [0, 0.05) is 19.3 Å². The molecule has 1 aliphatic heterocycles. The van der Waals surface area contributed by atoms with Gasteiger partial charge in [0.25, 0.3) is 10.0 Å². The van der Waals surface area contributed by atoms with Crippen LogP contribution in [0.4, 0.5) is 24.7 Å². The molecule has 2 heterocycles. The van der Waals surface area contributed by atoms with E-state index in [2.05, 4.69) is 9.71 Å². The topological polar surface area (TPSA) is 137 Å². The van der Waals surface area contributed by atoms with E-state index in [1.807, 2.05) is 24.8 Å². The van der Waals surface area contributed by atoms with Crippen molar-refractivity contribution >= 4 is 33.5 Å². The first kappa shape index (κ1) is 28.9. The molecule has 13 heteroatoms. The Balaban J connectivity index is 0.000000572. The van der Waals surface area contributed by atoms with Gasteiger partial charge in [-0.2, -0.15) is 13.2 Å². The summed E-state index contributed by atoms with van der Waals surface area (Å²) in [4.78, 5) is 26.9. The molecule has 0 spiro atoms. The first-order valence-corrected chi connectivity index (χ1v) is 12.6. The van der Waals surface area contributed by atoms with Crippen molar-refractivity contribution in [2.75, 3.05) is 22.7 Å². The number of nitrogens with zero attached hydrogens (tertiary/aromatic N) is 2. The van der Waals surface area contributed by atoms with E-state index in [0.29, 0.717) is 5.82 Å². The van der Waals surface area contributed by atoms with Crippen LogP contribution in [0.2, 0.25) is 0 Å². The van der Waals surface area contributed by atoms with Crippen LogP contribution in [0, 0.1) is 13.8 Å². The third kappa shape index (κ3) is 8.40. The van der Waals surface area contributed by atoms with Crippen molar-refractivity contribution in [2.24, 2.45) is 0 Å². The average Bonchev–Trinajstić information content (AvgIpc) is 2.72. The Morgan fingerprint density at radius 3 is 1.92 bits per heavy atom. The number of carboxylic acid groups (broad SMARTS) is 2. The lowest BCUT2D eigenvalue weighted by Crippen LogP contribution is -2.29. The Bertz CT molecular complexity index is 1170. The maximum Gasteiger partial charge on any atom is 0.490 e. The van der Waals surface area contributed by atoms with Crippen molar-refractivity contribution in [3.05, 3.63) is 47.2 Å². The minimum Gasteiger partial charge on any atom is -0.478 e. The molecule has 1 fully saturated rings. The Kier molecular flexibility index (Phi) is 9.68. The minimum absolute atomic E-state index is 0.0566. The molecule has 0 radical (unpaired) electrons. The van der Waals surface area contributed by atoms with Crippen LogP contribution >= 0.6 is 0 Å². The summed E-state index contributed by atoms with van der Waals surface area (Å²) in [5.41, 5.74) is 1.82. The normalized spacial score (nSPS) is 14.6. The number of aliphatic carboxylic acids is 1. The third-order valence-electron chi connectivity index (χ3n) is 5.26. The second kappa shape index (κ2) is 12.1. The summed E-state index contributed by atoms with van der Waals surface area (Å²) in [7, 11) is -3.89. The first-order valence-electron chi connectivity index (χ1n) is 11.1. The van der Waals surface area contributed by atoms with Crippen molar-refractivity contribution in [2.45, 2.75) is 57.0 Å². The summed E-state index contributed by atoms with van der Waals surface area (Å²) >= 11 is 0. The van der Waals surface area contributed by atoms with Crippen molar-refractivity contribution < 1.29 is 41.4 Å². The molecular weight excluding hydrogens is 503 g/mol. The van der Waals surface area contributed by atoms with Gasteiger partial charge < -0.3 is 15.1 Å². The van der Waals surface area contributed by atoms with E-state index in [4.69, 9.17) is 9.90 Å². The molecule has 0 amide bonds. The minimum atomic E-state index is -5.08. The average molecular weight is 532 g/mol. The van der Waals surface area contributed by atoms with Crippen LogP contribution in [-0.4, -0.2) is 54.8 Å². The molecule has 9 nitrogen and oxygen atoms in total. The molecular formula is C23H28F3N3O6S. The van der Waals surface area contributed by atoms with E-state index in [1.54, 1.807) is 12.1 Å². The standard InChI is InChI=1S/C21H27N3O4S.C2HF3O2/c1-15-10-16(2)12-18(11-15)29(27,28)23-19-13-17(21(25)26)14-22-20(19)24-8-6-4-3-5-7-9-24;3-2(4,5)1(6)7/h10-14,23H,3-9H2,1-2H3,(H,25,26);(H,6,7). The predicted molar refractivity (Wildman–Crippen MR) is 127 cm³/mol. The lowest BCUT2D eigenvalue weighted by molar-refractivity contribution is -0.192. The van der Waals surface area contributed by atoms with Crippen LogP contribution in [0.15, 0.2) is 35.4 Å². The number of benzene rings is 1. The van der Waals surface area contributed by atoms with Gasteiger partial charge in [0.05, 0.1) is 16.1 Å². The molecule has 2 aromatic rings. The number of alkyl halides is 3. The monoisotopic (exact) mass is 531 g/mol. The van der Waals surface area contributed by atoms with Gasteiger partial charge in [-0.3, -0.25) is 4.72 Å². The highest BCUT2D eigenvalue weighted by molar-refractivity contribution is 7.92. The zero-order valence-electron chi connectivity index (χ0n) is 19.8. The van der Waals surface area contributed by atoms with Crippen LogP contribution in [-0.2, 0) is 14.8 Å². The van der Waals surface area contributed by atoms with E-state index in [9.17, 15) is 31.5 Å². The number of sulfonamides is 1. The van der Waals surface area contributed by atoms with Gasteiger partial charge in [-0.05, 0) is 56.0 Å². The van der Waals surface area contributed by atoms with E-state index < -0.39 is 28.1 Å². The van der Waals surface area contributed by atoms with Gasteiger partial charge in [-0.25, -0.2) is 23.0 Å². The number of nitrogens with one attached hydrogen (secondary N) is 1. The smallest absolute Gasteiger partial charge is 0.478 e. The summed E-state index contributed by atoms with van der Waals surface area (Å²) < 4.78 is 60.4. The van der Waals surface area contributed by atoms with Gasteiger partial charge in [0.15, 0.2) is 5.82 Å². The molecule has 1 saturated heterocycles. The number of pyridine rings is 1. The highest BCUT2D eigenvalue weighted by Crippen LogP contribution is 2.29. The fourth-order valence-corrected chi connectivity index (χ4v) is 4.89. The van der Waals surface area contributed by atoms with Crippen LogP contribution in [0.5, 0.6) is 0 Å². The number of hydrogen-bond donors (Lipinski definition) is 3. The Morgan fingerprint density at radius 2 is 1.44 bits per heavy atom. The second-order valence-corrected chi connectivity index (χ2v) is 10.1. The zero-order chi connectivity index (χ0) is 27.1. The summed E-state index contributed by atoms with van der Waals surface area (Å²) in [6.07, 6.45) is 1.62. The molecule has 1 aliphatic rings. The molecule has 0 atom stereocenters. The summed E-state index contributed by atoms with van der Waals surface area (Å²) in [6.45, 7) is 5.20. The Morgan fingerprint density at radius 1 is 0.944 bits per heavy atom. The molecule has 0 unspecified atom stereocenters. The molecule has 0 saturated carbocycles. The molecule has 3 N–H and O–H groups in total. The number of rotatable bonds is 5. The third-order valence-corrected chi connectivity index (χ3v) is 6.61. The lowest BCUT2D eigenvalue weighted by atomic mass is 10.1. The fraction of sp³-hybridized carbons (Fsp3) is 0.435. The van der Waals surface area contributed by atoms with E-state index in [-0.39, 0.29) is 16.1 Å². The fourth-order valence-electron chi connectivity index (χ4n) is 3.65. The van der Waals surface area contributed by atoms with Crippen LogP contribution in [0.1, 0.15) is 53.6 Å². The number of aryl methyl sites for hydroxylation is 2. The van der Waals surface area contributed by atoms with Gasteiger partial charge in [-0.15, -0.1) is 0 Å². The van der Waals surface area contributed by atoms with Gasteiger partial charge >= 0.3 is 18.1 Å². The summed E-state index contributed by atoms with van der Waals surface area (Å²) in [6, 6.07) is 6.44. The highest BCUT2D eigenvalue weighted by Gasteiger charge is 2.38. The zero-order valence-corrected chi connectivity index (χ0v) is 20.6. The first-order chi connectivity index (χ1) is 16.7. The van der Waals surface area contributed by atoms with Crippen molar-refractivity contribution in [3.8, 4) is 0 Å². The van der Waals surface area contributed by atoms with E-state index in [0.717, 1.165) is 49.9 Å². The van der Waals surface area contributed by atoms with Crippen molar-refractivity contribution in [1.29, 1.82) is 0 Å². The molecule has 3 rings (SSSR count). The van der Waals surface area contributed by atoms with E-state index in [1.165, 1.54) is 18.7 Å². The molecule has 198 valence electrons. The number of aromatic nitrogens is 1. The number of anilines is 2. The largest absolute Gasteiger partial charge is 0.490 e. The SMILES string of the molecule is Cc1cc(C)cc(S(=O)(=O)Nc2cc(C(=O)O)cnc2N2CCCCCCC2)c1.O=C(O)C(F)(F)F. The van der Waals surface area contributed by atoms with Crippen LogP contribution < -0.4 is 9.62 Å². The van der Waals surface area contributed by atoms with Gasteiger partial charge in [0.1, 0.15) is 0 Å². The number of aromatic carboxylic acids is 1. The Labute approximate surface area is 207 Å². The Hall–Kier alpha value is -3.35. The van der Waals surface area contributed by atoms with Gasteiger partial charge in [-0.1, -0.05) is 25.3 Å². The predicted octanol–water partition coefficient (Wildman–Crippen LogP) is 4.60. The summed E-state index contributed by atoms with van der Waals surface area (Å²) in [5, 5.41) is 16.5. The van der Waals surface area contributed by atoms with Gasteiger partial charge in [0.2, 0.25) is 0 Å². The van der Waals surface area contributed by atoms with Crippen molar-refractivity contribution in [3.63, 3.8) is 0 Å². The number of halogens is 3. The number of hydrogen-bond acceptors (Lipinski definition) is 6. The molecule has 1 aromatic heterocycles. The lowest BCUT2D eigenvalue weighted by Gasteiger charge is -2.28. The quantitative estimate of drug-likeness (QED) is 0.509.